The fraction of sp³-hybridized carbons (Fsp3) is 0.300. The van der Waals surface area contributed by atoms with Crippen molar-refractivity contribution in [2.45, 2.75) is 11.8 Å². The second-order valence-corrected chi connectivity index (χ2v) is 7.05. The Bertz CT molecular complexity index is 780. The number of hydrogen-bond acceptors (Lipinski definition) is 5. The molecule has 0 radical (unpaired) electrons. The number of hydrogen-bond donors (Lipinski definition) is 2. The Balaban J connectivity index is 1.82. The number of carboxylic acid groups (broad SMARTS) is 1. The fourth-order valence-corrected chi connectivity index (χ4v) is 3.32. The number of rotatable bonds is 10. The molecule has 6 nitrogen and oxygen atoms in total. The molecule has 0 spiro atoms. The predicted molar refractivity (Wildman–Crippen MR) is 105 cm³/mol. The monoisotopic (exact) mass is 389 g/mol. The fourth-order valence-electron chi connectivity index (χ4n) is 2.27. The van der Waals surface area contributed by atoms with E-state index in [9.17, 15) is 9.59 Å². The molecule has 27 heavy (non-hydrogen) atoms. The topological polar surface area (TPSA) is 84.9 Å². The molecule has 2 N–H and O–H groups in total. The molecular formula is C20H23NO5S. The number of aliphatic carboxylic acids is 1. The Hall–Kier alpha value is -2.67. The van der Waals surface area contributed by atoms with E-state index in [-0.39, 0.29) is 11.8 Å². The number of ether oxygens (including phenoxy) is 2. The zero-order chi connectivity index (χ0) is 19.6. The van der Waals surface area contributed by atoms with E-state index in [1.807, 2.05) is 24.3 Å². The molecule has 0 aliphatic carbocycles. The van der Waals surface area contributed by atoms with Crippen molar-refractivity contribution in [3.05, 3.63) is 54.1 Å². The van der Waals surface area contributed by atoms with Gasteiger partial charge in [-0.25, -0.2) is 4.79 Å². The number of carbonyl (C=O) groups excluding carboxylic acids is 1. The standard InChI is InChI=1S/C20H23NO5S/c1-14(13-27-18-9-4-3-8-17(18)25-2)11-21-20(24)15-6-5-7-16(10-15)26-12-19(22)23/h3-10,14H,11-13H2,1-2H3,(H,21,24)(H,22,23). The van der Waals surface area contributed by atoms with Crippen LogP contribution in [0.5, 0.6) is 11.5 Å². The average Bonchev–Trinajstić information content (AvgIpc) is 2.69. The lowest BCUT2D eigenvalue weighted by Gasteiger charge is -2.14. The van der Waals surface area contributed by atoms with E-state index in [2.05, 4.69) is 12.2 Å². The first-order valence-electron chi connectivity index (χ1n) is 8.48. The molecule has 2 aromatic rings. The number of methoxy groups -OCH3 is 1. The highest BCUT2D eigenvalue weighted by atomic mass is 32.2. The van der Waals surface area contributed by atoms with E-state index in [4.69, 9.17) is 14.6 Å². The zero-order valence-electron chi connectivity index (χ0n) is 15.3. The van der Waals surface area contributed by atoms with E-state index in [1.54, 1.807) is 37.1 Å². The first kappa shape index (κ1) is 20.6. The van der Waals surface area contributed by atoms with Crippen LogP contribution in [0.1, 0.15) is 17.3 Å². The van der Waals surface area contributed by atoms with Crippen LogP contribution in [-0.4, -0.2) is 43.0 Å². The third-order valence-corrected chi connectivity index (χ3v) is 5.05. The lowest BCUT2D eigenvalue weighted by Crippen LogP contribution is -2.29. The van der Waals surface area contributed by atoms with Crippen LogP contribution in [0.3, 0.4) is 0 Å². The summed E-state index contributed by atoms with van der Waals surface area (Å²) >= 11 is 1.69. The van der Waals surface area contributed by atoms with Gasteiger partial charge in [-0.1, -0.05) is 25.1 Å². The molecule has 0 aliphatic heterocycles. The number of benzene rings is 2. The lowest BCUT2D eigenvalue weighted by atomic mass is 10.2. The second kappa shape index (κ2) is 10.5. The molecule has 2 aromatic carbocycles. The SMILES string of the molecule is COc1ccccc1SCC(C)CNC(=O)c1cccc(OCC(=O)O)c1. The van der Waals surface area contributed by atoms with Gasteiger partial charge in [0.2, 0.25) is 0 Å². The van der Waals surface area contributed by atoms with Gasteiger partial charge in [0, 0.05) is 22.8 Å². The molecule has 7 heteroatoms. The van der Waals surface area contributed by atoms with E-state index >= 15 is 0 Å². The van der Waals surface area contributed by atoms with Gasteiger partial charge in [0.05, 0.1) is 7.11 Å². The third-order valence-electron chi connectivity index (χ3n) is 3.66. The van der Waals surface area contributed by atoms with Crippen LogP contribution in [0.15, 0.2) is 53.4 Å². The first-order chi connectivity index (χ1) is 13.0. The number of nitrogens with one attached hydrogen (secondary N) is 1. The Kier molecular flexibility index (Phi) is 8.00. The van der Waals surface area contributed by atoms with Crippen molar-refractivity contribution in [2.75, 3.05) is 26.0 Å². The van der Waals surface area contributed by atoms with Crippen molar-refractivity contribution < 1.29 is 24.2 Å². The predicted octanol–water partition coefficient (Wildman–Crippen LogP) is 3.32. The molecule has 0 saturated heterocycles. The summed E-state index contributed by atoms with van der Waals surface area (Å²) in [5, 5.41) is 11.6. The highest BCUT2D eigenvalue weighted by molar-refractivity contribution is 7.99. The largest absolute Gasteiger partial charge is 0.496 e. The van der Waals surface area contributed by atoms with Gasteiger partial charge in [0.1, 0.15) is 11.5 Å². The van der Waals surface area contributed by atoms with Crippen LogP contribution >= 0.6 is 11.8 Å². The van der Waals surface area contributed by atoms with Crippen LogP contribution in [0.4, 0.5) is 0 Å². The average molecular weight is 389 g/mol. The van der Waals surface area contributed by atoms with Gasteiger partial charge in [-0.3, -0.25) is 4.79 Å². The number of carboxylic acids is 1. The van der Waals surface area contributed by atoms with Gasteiger partial charge >= 0.3 is 5.97 Å². The maximum atomic E-state index is 12.3. The zero-order valence-corrected chi connectivity index (χ0v) is 16.1. The minimum atomic E-state index is -1.06. The molecule has 1 amide bonds. The summed E-state index contributed by atoms with van der Waals surface area (Å²) in [6.45, 7) is 2.15. The van der Waals surface area contributed by atoms with Crippen LogP contribution in [0.25, 0.3) is 0 Å². The lowest BCUT2D eigenvalue weighted by molar-refractivity contribution is -0.139. The van der Waals surface area contributed by atoms with Crippen molar-refractivity contribution in [3.8, 4) is 11.5 Å². The Morgan fingerprint density at radius 2 is 1.96 bits per heavy atom. The normalized spacial score (nSPS) is 11.5. The van der Waals surface area contributed by atoms with Gasteiger partial charge in [0.15, 0.2) is 6.61 Å². The molecule has 0 aliphatic rings. The smallest absolute Gasteiger partial charge is 0.341 e. The first-order valence-corrected chi connectivity index (χ1v) is 9.47. The molecule has 2 rings (SSSR count). The third kappa shape index (κ3) is 6.86. The molecule has 0 fully saturated rings. The van der Waals surface area contributed by atoms with E-state index in [0.717, 1.165) is 16.4 Å². The minimum absolute atomic E-state index is 0.218. The maximum absolute atomic E-state index is 12.3. The van der Waals surface area contributed by atoms with Crippen LogP contribution in [0.2, 0.25) is 0 Å². The van der Waals surface area contributed by atoms with Crippen LogP contribution < -0.4 is 14.8 Å². The number of thioether (sulfide) groups is 1. The molecule has 0 saturated carbocycles. The second-order valence-electron chi connectivity index (χ2n) is 5.99. The molecular weight excluding hydrogens is 366 g/mol. The Morgan fingerprint density at radius 3 is 2.70 bits per heavy atom. The van der Waals surface area contributed by atoms with Crippen LogP contribution in [0, 0.1) is 5.92 Å². The maximum Gasteiger partial charge on any atom is 0.341 e. The van der Waals surface area contributed by atoms with Crippen LogP contribution in [-0.2, 0) is 4.79 Å². The number of para-hydroxylation sites is 1. The highest BCUT2D eigenvalue weighted by Gasteiger charge is 2.11. The summed E-state index contributed by atoms with van der Waals surface area (Å²) in [4.78, 5) is 23.9. The number of carbonyl (C=O) groups is 2. The van der Waals surface area contributed by atoms with Gasteiger partial charge in [-0.05, 0) is 36.2 Å². The Labute approximate surface area is 162 Å². The molecule has 1 atom stereocenters. The molecule has 1 unspecified atom stereocenters. The summed E-state index contributed by atoms with van der Waals surface area (Å²) in [6, 6.07) is 14.3. The molecule has 0 aromatic heterocycles. The van der Waals surface area contributed by atoms with Crippen molar-refractivity contribution >= 4 is 23.6 Å². The highest BCUT2D eigenvalue weighted by Crippen LogP contribution is 2.29. The Morgan fingerprint density at radius 1 is 1.19 bits per heavy atom. The van der Waals surface area contributed by atoms with Crippen molar-refractivity contribution in [2.24, 2.45) is 5.92 Å². The molecule has 144 valence electrons. The van der Waals surface area contributed by atoms with E-state index in [0.29, 0.717) is 17.9 Å². The van der Waals surface area contributed by atoms with Crippen molar-refractivity contribution in [3.63, 3.8) is 0 Å². The molecule has 0 heterocycles. The summed E-state index contributed by atoms with van der Waals surface area (Å²) in [7, 11) is 1.65. The summed E-state index contributed by atoms with van der Waals surface area (Å²) < 4.78 is 10.4. The van der Waals surface area contributed by atoms with Crippen molar-refractivity contribution in [1.82, 2.24) is 5.32 Å². The summed E-state index contributed by atoms with van der Waals surface area (Å²) in [6.07, 6.45) is 0. The summed E-state index contributed by atoms with van der Waals surface area (Å²) in [5.74, 6) is 1.01. The van der Waals surface area contributed by atoms with Gasteiger partial charge < -0.3 is 19.9 Å². The van der Waals surface area contributed by atoms with Gasteiger partial charge in [-0.15, -0.1) is 11.8 Å². The number of amides is 1. The van der Waals surface area contributed by atoms with Gasteiger partial charge in [-0.2, -0.15) is 0 Å². The molecule has 0 bridgehead atoms. The van der Waals surface area contributed by atoms with Crippen molar-refractivity contribution in [1.29, 1.82) is 0 Å². The van der Waals surface area contributed by atoms with E-state index < -0.39 is 12.6 Å². The van der Waals surface area contributed by atoms with Gasteiger partial charge in [0.25, 0.3) is 5.91 Å². The minimum Gasteiger partial charge on any atom is -0.496 e. The summed E-state index contributed by atoms with van der Waals surface area (Å²) in [5.41, 5.74) is 0.433. The van der Waals surface area contributed by atoms with E-state index in [1.165, 1.54) is 6.07 Å². The quantitative estimate of drug-likeness (QED) is 0.607.